The van der Waals surface area contributed by atoms with Gasteiger partial charge in [-0.15, -0.1) is 0 Å². The second-order valence-corrected chi connectivity index (χ2v) is 5.74. The zero-order valence-corrected chi connectivity index (χ0v) is 14.5. The van der Waals surface area contributed by atoms with Crippen molar-refractivity contribution in [3.8, 4) is 17.2 Å². The SMILES string of the molecule is C=CCOc1cc2ccc(OC(F)(F)c3ccc(OC)cc3)cc2cc1F. The summed E-state index contributed by atoms with van der Waals surface area (Å²) in [6.07, 6.45) is -2.05. The minimum absolute atomic E-state index is 0.0691. The van der Waals surface area contributed by atoms with Crippen LogP contribution in [0.15, 0.2) is 67.3 Å². The number of rotatable bonds is 7. The van der Waals surface area contributed by atoms with Crippen LogP contribution in [0.4, 0.5) is 13.2 Å². The molecule has 0 aliphatic heterocycles. The molecule has 0 aliphatic rings. The molecule has 0 unspecified atom stereocenters. The van der Waals surface area contributed by atoms with Gasteiger partial charge in [-0.1, -0.05) is 18.7 Å². The minimum atomic E-state index is -3.55. The summed E-state index contributed by atoms with van der Waals surface area (Å²) in [5.41, 5.74) is -0.317. The van der Waals surface area contributed by atoms with Crippen LogP contribution in [0.1, 0.15) is 5.56 Å². The van der Waals surface area contributed by atoms with E-state index in [0.717, 1.165) is 0 Å². The molecule has 0 aromatic heterocycles. The predicted molar refractivity (Wildman–Crippen MR) is 97.1 cm³/mol. The molecule has 3 nitrogen and oxygen atoms in total. The number of methoxy groups -OCH3 is 1. The van der Waals surface area contributed by atoms with Crippen molar-refractivity contribution in [1.82, 2.24) is 0 Å². The van der Waals surface area contributed by atoms with Crippen molar-refractivity contribution in [2.24, 2.45) is 0 Å². The van der Waals surface area contributed by atoms with Gasteiger partial charge in [0.2, 0.25) is 0 Å². The van der Waals surface area contributed by atoms with Gasteiger partial charge in [0.1, 0.15) is 18.1 Å². The van der Waals surface area contributed by atoms with Gasteiger partial charge in [0, 0.05) is 0 Å². The molecule has 0 radical (unpaired) electrons. The van der Waals surface area contributed by atoms with Crippen LogP contribution in [-0.2, 0) is 6.11 Å². The van der Waals surface area contributed by atoms with Crippen molar-refractivity contribution in [2.45, 2.75) is 6.11 Å². The zero-order valence-electron chi connectivity index (χ0n) is 14.5. The molecule has 0 fully saturated rings. The van der Waals surface area contributed by atoms with Crippen LogP contribution in [0.3, 0.4) is 0 Å². The normalized spacial score (nSPS) is 11.3. The Kier molecular flexibility index (Phi) is 5.26. The van der Waals surface area contributed by atoms with E-state index in [4.69, 9.17) is 14.2 Å². The van der Waals surface area contributed by atoms with Gasteiger partial charge in [0.15, 0.2) is 11.6 Å². The Balaban J connectivity index is 1.86. The van der Waals surface area contributed by atoms with Crippen LogP contribution in [0.2, 0.25) is 0 Å². The smallest absolute Gasteiger partial charge is 0.426 e. The van der Waals surface area contributed by atoms with Gasteiger partial charge < -0.3 is 14.2 Å². The average Bonchev–Trinajstić information content (AvgIpc) is 2.66. The number of ether oxygens (including phenoxy) is 3. The number of benzene rings is 3. The number of hydrogen-bond acceptors (Lipinski definition) is 3. The minimum Gasteiger partial charge on any atom is -0.497 e. The Morgan fingerprint density at radius 3 is 2.33 bits per heavy atom. The molecule has 0 saturated carbocycles. The highest BCUT2D eigenvalue weighted by atomic mass is 19.3. The molecule has 3 aromatic carbocycles. The Morgan fingerprint density at radius 1 is 0.963 bits per heavy atom. The molecule has 0 N–H and O–H groups in total. The summed E-state index contributed by atoms with van der Waals surface area (Å²) < 4.78 is 57.9. The first-order chi connectivity index (χ1) is 12.9. The molecular weight excluding hydrogens is 357 g/mol. The summed E-state index contributed by atoms with van der Waals surface area (Å²) in [7, 11) is 1.45. The monoisotopic (exact) mass is 374 g/mol. The van der Waals surface area contributed by atoms with E-state index in [1.165, 1.54) is 61.7 Å². The topological polar surface area (TPSA) is 27.7 Å². The van der Waals surface area contributed by atoms with E-state index in [-0.39, 0.29) is 23.7 Å². The highest BCUT2D eigenvalue weighted by Gasteiger charge is 2.34. The first-order valence-electron chi connectivity index (χ1n) is 8.11. The van der Waals surface area contributed by atoms with Crippen LogP contribution >= 0.6 is 0 Å². The standard InChI is InChI=1S/C21H17F3O3/c1-3-10-26-20-13-14-4-7-18(11-15(14)12-19(20)22)27-21(23,24)16-5-8-17(25-2)9-6-16/h3-9,11-13H,1,10H2,2H3. The summed E-state index contributed by atoms with van der Waals surface area (Å²) in [5, 5.41) is 1.05. The summed E-state index contributed by atoms with van der Waals surface area (Å²) in [6.45, 7) is 3.67. The second-order valence-electron chi connectivity index (χ2n) is 5.74. The molecule has 0 spiro atoms. The average molecular weight is 374 g/mol. The number of fused-ring (bicyclic) bond motifs is 1. The highest BCUT2D eigenvalue weighted by Crippen LogP contribution is 2.34. The lowest BCUT2D eigenvalue weighted by atomic mass is 10.1. The molecule has 0 amide bonds. The summed E-state index contributed by atoms with van der Waals surface area (Å²) in [5.74, 6) is -0.143. The van der Waals surface area contributed by atoms with Crippen molar-refractivity contribution in [3.05, 3.63) is 78.6 Å². The van der Waals surface area contributed by atoms with Crippen LogP contribution in [0, 0.1) is 5.82 Å². The van der Waals surface area contributed by atoms with Crippen molar-refractivity contribution < 1.29 is 27.4 Å². The van der Waals surface area contributed by atoms with Crippen LogP contribution in [0.25, 0.3) is 10.8 Å². The summed E-state index contributed by atoms with van der Waals surface area (Å²) in [4.78, 5) is 0. The molecule has 0 saturated heterocycles. The maximum atomic E-state index is 14.4. The Bertz CT molecular complexity index is 953. The lowest BCUT2D eigenvalue weighted by Gasteiger charge is -2.19. The third-order valence-electron chi connectivity index (χ3n) is 3.89. The van der Waals surface area contributed by atoms with E-state index in [2.05, 4.69) is 6.58 Å². The second kappa shape index (κ2) is 7.61. The van der Waals surface area contributed by atoms with Crippen molar-refractivity contribution in [3.63, 3.8) is 0 Å². The zero-order chi connectivity index (χ0) is 19.4. The van der Waals surface area contributed by atoms with Crippen LogP contribution in [0.5, 0.6) is 17.2 Å². The Morgan fingerprint density at radius 2 is 1.67 bits per heavy atom. The van der Waals surface area contributed by atoms with Crippen molar-refractivity contribution in [2.75, 3.05) is 13.7 Å². The Labute approximate surface area is 154 Å². The van der Waals surface area contributed by atoms with Crippen LogP contribution in [-0.4, -0.2) is 13.7 Å². The molecule has 140 valence electrons. The largest absolute Gasteiger partial charge is 0.497 e. The molecule has 27 heavy (non-hydrogen) atoms. The van der Waals surface area contributed by atoms with Gasteiger partial charge in [0.25, 0.3) is 0 Å². The van der Waals surface area contributed by atoms with Crippen molar-refractivity contribution >= 4 is 10.8 Å². The maximum absolute atomic E-state index is 14.4. The van der Waals surface area contributed by atoms with Gasteiger partial charge in [0.05, 0.1) is 12.7 Å². The Hall–Kier alpha value is -3.15. The summed E-state index contributed by atoms with van der Waals surface area (Å²) >= 11 is 0. The molecule has 3 aromatic rings. The maximum Gasteiger partial charge on any atom is 0.426 e. The molecule has 0 heterocycles. The molecule has 0 aliphatic carbocycles. The van der Waals surface area contributed by atoms with Gasteiger partial charge in [-0.2, -0.15) is 8.78 Å². The van der Waals surface area contributed by atoms with E-state index < -0.39 is 11.9 Å². The van der Waals surface area contributed by atoms with E-state index in [1.54, 1.807) is 6.07 Å². The van der Waals surface area contributed by atoms with Crippen molar-refractivity contribution in [1.29, 1.82) is 0 Å². The quantitative estimate of drug-likeness (QED) is 0.498. The fourth-order valence-corrected chi connectivity index (χ4v) is 2.54. The molecule has 6 heteroatoms. The lowest BCUT2D eigenvalue weighted by Crippen LogP contribution is -2.21. The van der Waals surface area contributed by atoms with Gasteiger partial charge >= 0.3 is 6.11 Å². The van der Waals surface area contributed by atoms with Gasteiger partial charge in [-0.05, 0) is 59.3 Å². The summed E-state index contributed by atoms with van der Waals surface area (Å²) in [6, 6.07) is 12.3. The third-order valence-corrected chi connectivity index (χ3v) is 3.89. The third kappa shape index (κ3) is 4.16. The molecule has 3 rings (SSSR count). The fraction of sp³-hybridized carbons (Fsp3) is 0.143. The molecular formula is C21H17F3O3. The predicted octanol–water partition coefficient (Wildman–Crippen LogP) is 5.68. The van der Waals surface area contributed by atoms with E-state index in [9.17, 15) is 13.2 Å². The van der Waals surface area contributed by atoms with Crippen LogP contribution < -0.4 is 14.2 Å². The van der Waals surface area contributed by atoms with Gasteiger partial charge in [-0.25, -0.2) is 4.39 Å². The van der Waals surface area contributed by atoms with Gasteiger partial charge in [-0.3, -0.25) is 0 Å². The van der Waals surface area contributed by atoms with E-state index in [1.807, 2.05) is 0 Å². The fourth-order valence-electron chi connectivity index (χ4n) is 2.54. The van der Waals surface area contributed by atoms with E-state index >= 15 is 0 Å². The molecule has 0 atom stereocenters. The number of halogens is 3. The first kappa shape index (κ1) is 18.6. The number of alkyl halides is 2. The highest BCUT2D eigenvalue weighted by molar-refractivity contribution is 5.85. The van der Waals surface area contributed by atoms with E-state index in [0.29, 0.717) is 16.5 Å². The first-order valence-corrected chi connectivity index (χ1v) is 8.11. The molecule has 0 bridgehead atoms. The lowest BCUT2D eigenvalue weighted by molar-refractivity contribution is -0.185. The number of hydrogen-bond donors (Lipinski definition) is 0.